The Morgan fingerprint density at radius 3 is 2.00 bits per heavy atom. The van der Waals surface area contributed by atoms with E-state index in [-0.39, 0.29) is 5.54 Å². The van der Waals surface area contributed by atoms with Gasteiger partial charge in [-0.2, -0.15) is 0 Å². The molecule has 20 heavy (non-hydrogen) atoms. The van der Waals surface area contributed by atoms with E-state index in [4.69, 9.17) is 5.73 Å². The van der Waals surface area contributed by atoms with E-state index in [1.54, 1.807) is 0 Å². The van der Waals surface area contributed by atoms with E-state index in [1.807, 2.05) is 0 Å². The third-order valence-electron chi connectivity index (χ3n) is 5.87. The molecule has 0 bridgehead atoms. The molecule has 2 fully saturated rings. The Kier molecular flexibility index (Phi) is 5.11. The summed E-state index contributed by atoms with van der Waals surface area (Å²) in [5, 5.41) is 0. The first-order chi connectivity index (χ1) is 9.39. The Balaban J connectivity index is 2.05. The fourth-order valence-electron chi connectivity index (χ4n) is 3.90. The Morgan fingerprint density at radius 1 is 1.10 bits per heavy atom. The predicted molar refractivity (Wildman–Crippen MR) is 86.0 cm³/mol. The van der Waals surface area contributed by atoms with Crippen LogP contribution in [0.1, 0.15) is 40.5 Å². The summed E-state index contributed by atoms with van der Waals surface area (Å²) >= 11 is 0. The van der Waals surface area contributed by atoms with Gasteiger partial charge in [0.05, 0.1) is 0 Å². The molecule has 4 heteroatoms. The number of piperazine rings is 1. The average molecular weight is 282 g/mol. The zero-order valence-corrected chi connectivity index (χ0v) is 14.1. The van der Waals surface area contributed by atoms with E-state index in [9.17, 15) is 0 Å². The maximum atomic E-state index is 6.24. The third kappa shape index (κ3) is 3.03. The largest absolute Gasteiger partial charge is 0.329 e. The van der Waals surface area contributed by atoms with Gasteiger partial charge in [0, 0.05) is 56.4 Å². The number of nitrogens with two attached hydrogens (primary N) is 1. The highest BCUT2D eigenvalue weighted by Gasteiger charge is 2.42. The van der Waals surface area contributed by atoms with Gasteiger partial charge in [-0.3, -0.25) is 9.80 Å². The van der Waals surface area contributed by atoms with Gasteiger partial charge in [-0.25, -0.2) is 0 Å². The van der Waals surface area contributed by atoms with Crippen LogP contribution in [0.2, 0.25) is 0 Å². The number of hydrogen-bond acceptors (Lipinski definition) is 4. The quantitative estimate of drug-likeness (QED) is 0.844. The highest BCUT2D eigenvalue weighted by atomic mass is 15.3. The average Bonchev–Trinajstić information content (AvgIpc) is 2.44. The SMILES string of the molecule is CC(C)N1CCC(CN)(N2CC(C)N(C)C(C)C2)CC1. The number of piperidine rings is 1. The minimum Gasteiger partial charge on any atom is -0.329 e. The molecule has 0 aromatic rings. The Bertz CT molecular complexity index is 298. The number of likely N-dealkylation sites (tertiary alicyclic amines) is 1. The van der Waals surface area contributed by atoms with Crippen molar-refractivity contribution in [3.8, 4) is 0 Å². The molecule has 118 valence electrons. The maximum Gasteiger partial charge on any atom is 0.0357 e. The Hall–Kier alpha value is -0.160. The van der Waals surface area contributed by atoms with Gasteiger partial charge in [0.15, 0.2) is 0 Å². The molecule has 2 saturated heterocycles. The van der Waals surface area contributed by atoms with Crippen LogP contribution in [0, 0.1) is 0 Å². The van der Waals surface area contributed by atoms with E-state index in [0.29, 0.717) is 18.1 Å². The minimum atomic E-state index is 0.245. The van der Waals surface area contributed by atoms with Crippen molar-refractivity contribution in [3.05, 3.63) is 0 Å². The molecule has 2 N–H and O–H groups in total. The molecular formula is C16H34N4. The smallest absolute Gasteiger partial charge is 0.0357 e. The van der Waals surface area contributed by atoms with Crippen LogP contribution >= 0.6 is 0 Å². The number of hydrogen-bond donors (Lipinski definition) is 1. The lowest BCUT2D eigenvalue weighted by molar-refractivity contribution is -0.0412. The number of likely N-dealkylation sites (N-methyl/N-ethyl adjacent to an activating group) is 1. The standard InChI is InChI=1S/C16H34N4/c1-13(2)19-8-6-16(12-17,7-9-19)20-10-14(3)18(5)15(4)11-20/h13-15H,6-12,17H2,1-5H3. The van der Waals surface area contributed by atoms with Gasteiger partial charge >= 0.3 is 0 Å². The van der Waals surface area contributed by atoms with E-state index in [0.717, 1.165) is 6.54 Å². The normalized spacial score (nSPS) is 33.8. The van der Waals surface area contributed by atoms with Crippen molar-refractivity contribution in [2.75, 3.05) is 39.8 Å². The summed E-state index contributed by atoms with van der Waals surface area (Å²) in [7, 11) is 2.25. The van der Waals surface area contributed by atoms with Crippen molar-refractivity contribution in [1.29, 1.82) is 0 Å². The molecule has 2 rings (SSSR count). The second-order valence-electron chi connectivity index (χ2n) is 7.33. The molecule has 2 aliphatic rings. The van der Waals surface area contributed by atoms with Gasteiger partial charge in [-0.15, -0.1) is 0 Å². The molecule has 0 aromatic heterocycles. The summed E-state index contributed by atoms with van der Waals surface area (Å²) in [5.74, 6) is 0. The van der Waals surface area contributed by atoms with Crippen molar-refractivity contribution >= 4 is 0 Å². The summed E-state index contributed by atoms with van der Waals surface area (Å²) in [6.45, 7) is 14.8. The topological polar surface area (TPSA) is 35.7 Å². The van der Waals surface area contributed by atoms with Crippen LogP contribution in [-0.4, -0.2) is 78.1 Å². The van der Waals surface area contributed by atoms with Crippen molar-refractivity contribution < 1.29 is 0 Å². The molecule has 0 aromatic carbocycles. The molecule has 2 heterocycles. The molecular weight excluding hydrogens is 248 g/mol. The van der Waals surface area contributed by atoms with Gasteiger partial charge in [-0.05, 0) is 47.6 Å². The molecule has 0 amide bonds. The van der Waals surface area contributed by atoms with E-state index in [2.05, 4.69) is 49.4 Å². The summed E-state index contributed by atoms with van der Waals surface area (Å²) in [5.41, 5.74) is 6.49. The van der Waals surface area contributed by atoms with Crippen LogP contribution < -0.4 is 5.73 Å². The first-order valence-corrected chi connectivity index (χ1v) is 8.31. The maximum absolute atomic E-state index is 6.24. The zero-order chi connectivity index (χ0) is 14.9. The second kappa shape index (κ2) is 6.30. The van der Waals surface area contributed by atoms with Crippen LogP contribution in [0.3, 0.4) is 0 Å². The van der Waals surface area contributed by atoms with Crippen molar-refractivity contribution in [3.63, 3.8) is 0 Å². The van der Waals surface area contributed by atoms with Gasteiger partial charge < -0.3 is 10.6 Å². The summed E-state index contributed by atoms with van der Waals surface area (Å²) < 4.78 is 0. The van der Waals surface area contributed by atoms with Crippen molar-refractivity contribution in [2.24, 2.45) is 5.73 Å². The molecule has 0 radical (unpaired) electrons. The zero-order valence-electron chi connectivity index (χ0n) is 14.1. The van der Waals surface area contributed by atoms with Gasteiger partial charge in [0.1, 0.15) is 0 Å². The molecule has 2 aliphatic heterocycles. The van der Waals surface area contributed by atoms with Gasteiger partial charge in [0.2, 0.25) is 0 Å². The monoisotopic (exact) mass is 282 g/mol. The lowest BCUT2D eigenvalue weighted by atomic mass is 9.83. The minimum absolute atomic E-state index is 0.245. The second-order valence-corrected chi connectivity index (χ2v) is 7.33. The fourth-order valence-corrected chi connectivity index (χ4v) is 3.90. The highest BCUT2D eigenvalue weighted by Crippen LogP contribution is 2.32. The summed E-state index contributed by atoms with van der Waals surface area (Å²) in [4.78, 5) is 7.81. The Morgan fingerprint density at radius 2 is 1.60 bits per heavy atom. The molecule has 2 unspecified atom stereocenters. The predicted octanol–water partition coefficient (Wildman–Crippen LogP) is 1.21. The van der Waals surface area contributed by atoms with E-state index in [1.165, 1.54) is 39.0 Å². The molecule has 0 spiro atoms. The lowest BCUT2D eigenvalue weighted by Gasteiger charge is -2.54. The van der Waals surface area contributed by atoms with Crippen LogP contribution in [0.5, 0.6) is 0 Å². The lowest BCUT2D eigenvalue weighted by Crippen LogP contribution is -2.67. The highest BCUT2D eigenvalue weighted by molar-refractivity contribution is 5.00. The summed E-state index contributed by atoms with van der Waals surface area (Å²) in [6, 6.07) is 1.92. The van der Waals surface area contributed by atoms with Crippen LogP contribution in [0.15, 0.2) is 0 Å². The number of nitrogens with zero attached hydrogens (tertiary/aromatic N) is 3. The molecule has 0 aliphatic carbocycles. The van der Waals surface area contributed by atoms with E-state index >= 15 is 0 Å². The van der Waals surface area contributed by atoms with Crippen LogP contribution in [-0.2, 0) is 0 Å². The van der Waals surface area contributed by atoms with Crippen molar-refractivity contribution in [2.45, 2.75) is 64.2 Å². The number of rotatable bonds is 3. The van der Waals surface area contributed by atoms with E-state index < -0.39 is 0 Å². The van der Waals surface area contributed by atoms with Crippen LogP contribution in [0.4, 0.5) is 0 Å². The van der Waals surface area contributed by atoms with Gasteiger partial charge in [-0.1, -0.05) is 0 Å². The molecule has 0 saturated carbocycles. The summed E-state index contributed by atoms with van der Waals surface area (Å²) in [6.07, 6.45) is 2.45. The first kappa shape index (κ1) is 16.2. The third-order valence-corrected chi connectivity index (χ3v) is 5.87. The molecule has 2 atom stereocenters. The Labute approximate surface area is 125 Å². The fraction of sp³-hybridized carbons (Fsp3) is 1.00. The first-order valence-electron chi connectivity index (χ1n) is 8.31. The van der Waals surface area contributed by atoms with Crippen molar-refractivity contribution in [1.82, 2.24) is 14.7 Å². The van der Waals surface area contributed by atoms with Gasteiger partial charge in [0.25, 0.3) is 0 Å². The molecule has 4 nitrogen and oxygen atoms in total. The van der Waals surface area contributed by atoms with Crippen LogP contribution in [0.25, 0.3) is 0 Å².